The van der Waals surface area contributed by atoms with Gasteiger partial charge in [0.1, 0.15) is 0 Å². The van der Waals surface area contributed by atoms with Gasteiger partial charge in [0.25, 0.3) is 0 Å². The van der Waals surface area contributed by atoms with Gasteiger partial charge < -0.3 is 5.73 Å². The van der Waals surface area contributed by atoms with Crippen LogP contribution in [0, 0.1) is 12.8 Å². The fourth-order valence-electron chi connectivity index (χ4n) is 2.82. The number of aromatic nitrogens is 1. The highest BCUT2D eigenvalue weighted by Crippen LogP contribution is 2.35. The van der Waals surface area contributed by atoms with Gasteiger partial charge in [-0.25, -0.2) is 4.98 Å². The molecule has 1 aromatic rings. The van der Waals surface area contributed by atoms with Crippen LogP contribution in [-0.4, -0.2) is 10.5 Å². The van der Waals surface area contributed by atoms with Crippen LogP contribution in [0.2, 0.25) is 0 Å². The summed E-state index contributed by atoms with van der Waals surface area (Å²) in [5.41, 5.74) is 7.68. The monoisotopic (exact) mass is 238 g/mol. The van der Waals surface area contributed by atoms with Gasteiger partial charge in [-0.2, -0.15) is 0 Å². The third-order valence-corrected chi connectivity index (χ3v) is 4.70. The van der Waals surface area contributed by atoms with Gasteiger partial charge in [-0.1, -0.05) is 26.2 Å². The molecule has 1 heterocycles. The Bertz CT molecular complexity index is 347. The molecule has 1 aliphatic rings. The molecule has 1 fully saturated rings. The van der Waals surface area contributed by atoms with Gasteiger partial charge in [-0.3, -0.25) is 0 Å². The second-order valence-electron chi connectivity index (χ2n) is 5.29. The highest BCUT2D eigenvalue weighted by Gasteiger charge is 2.32. The lowest BCUT2D eigenvalue weighted by Gasteiger charge is -2.37. The highest BCUT2D eigenvalue weighted by molar-refractivity contribution is 7.09. The van der Waals surface area contributed by atoms with E-state index in [2.05, 4.69) is 24.2 Å². The minimum Gasteiger partial charge on any atom is -0.325 e. The molecule has 3 heteroatoms. The molecular weight excluding hydrogens is 216 g/mol. The number of aryl methyl sites for hydroxylation is 1. The number of nitrogens with zero attached hydrogens (tertiary/aromatic N) is 1. The quantitative estimate of drug-likeness (QED) is 0.877. The Morgan fingerprint density at radius 2 is 2.44 bits per heavy atom. The zero-order valence-corrected chi connectivity index (χ0v) is 11.1. The Balaban J connectivity index is 2.01. The molecule has 90 valence electrons. The molecule has 1 aliphatic carbocycles. The third kappa shape index (κ3) is 2.83. The first-order valence-electron chi connectivity index (χ1n) is 6.31. The van der Waals surface area contributed by atoms with E-state index >= 15 is 0 Å². The van der Waals surface area contributed by atoms with Gasteiger partial charge >= 0.3 is 0 Å². The second kappa shape index (κ2) is 4.84. The molecule has 0 saturated heterocycles. The molecule has 0 amide bonds. The predicted molar refractivity (Wildman–Crippen MR) is 69.7 cm³/mol. The van der Waals surface area contributed by atoms with E-state index in [1.165, 1.54) is 37.1 Å². The number of thiazole rings is 1. The van der Waals surface area contributed by atoms with Crippen molar-refractivity contribution in [3.05, 3.63) is 16.1 Å². The molecule has 2 unspecified atom stereocenters. The summed E-state index contributed by atoms with van der Waals surface area (Å²) >= 11 is 1.76. The Morgan fingerprint density at radius 3 is 3.06 bits per heavy atom. The van der Waals surface area contributed by atoms with E-state index in [4.69, 9.17) is 5.73 Å². The average molecular weight is 238 g/mol. The smallest absolute Gasteiger partial charge is 0.0946 e. The van der Waals surface area contributed by atoms with E-state index in [1.54, 1.807) is 11.3 Å². The molecule has 2 atom stereocenters. The Hall–Kier alpha value is -0.410. The molecule has 0 bridgehead atoms. The average Bonchev–Trinajstić information content (AvgIpc) is 2.63. The molecule has 0 spiro atoms. The fraction of sp³-hybridized carbons (Fsp3) is 0.769. The summed E-state index contributed by atoms with van der Waals surface area (Å²) in [7, 11) is 0. The Labute approximate surface area is 102 Å². The van der Waals surface area contributed by atoms with Gasteiger partial charge in [-0.05, 0) is 25.7 Å². The predicted octanol–water partition coefficient (Wildman–Crippen LogP) is 3.29. The van der Waals surface area contributed by atoms with Crippen molar-refractivity contribution < 1.29 is 0 Å². The zero-order chi connectivity index (χ0) is 11.6. The Morgan fingerprint density at radius 1 is 1.62 bits per heavy atom. The van der Waals surface area contributed by atoms with Crippen LogP contribution in [0.4, 0.5) is 0 Å². The van der Waals surface area contributed by atoms with E-state index in [9.17, 15) is 0 Å². The molecule has 16 heavy (non-hydrogen) atoms. The van der Waals surface area contributed by atoms with Gasteiger partial charge in [-0.15, -0.1) is 11.3 Å². The lowest BCUT2D eigenvalue weighted by Crippen LogP contribution is -2.46. The van der Waals surface area contributed by atoms with Crippen molar-refractivity contribution in [2.45, 2.75) is 57.9 Å². The fourth-order valence-corrected chi connectivity index (χ4v) is 3.74. The number of hydrogen-bond donors (Lipinski definition) is 1. The zero-order valence-electron chi connectivity index (χ0n) is 10.3. The van der Waals surface area contributed by atoms with Gasteiger partial charge in [0.15, 0.2) is 0 Å². The summed E-state index contributed by atoms with van der Waals surface area (Å²) < 4.78 is 0. The topological polar surface area (TPSA) is 38.9 Å². The molecule has 1 aromatic heterocycles. The number of nitrogens with two attached hydrogens (primary N) is 1. The van der Waals surface area contributed by atoms with Crippen LogP contribution < -0.4 is 5.73 Å². The third-order valence-electron chi connectivity index (χ3n) is 3.73. The highest BCUT2D eigenvalue weighted by atomic mass is 32.1. The molecule has 2 N–H and O–H groups in total. The van der Waals surface area contributed by atoms with Gasteiger partial charge in [0.05, 0.1) is 5.01 Å². The standard InChI is InChI=1S/C13H22N2S/c1-3-11-5-4-6-13(14,7-11)8-12-15-10(2)9-16-12/h9,11H,3-8,14H2,1-2H3. The van der Waals surface area contributed by atoms with E-state index in [0.717, 1.165) is 18.0 Å². The number of rotatable bonds is 3. The van der Waals surface area contributed by atoms with E-state index in [0.29, 0.717) is 0 Å². The van der Waals surface area contributed by atoms with E-state index in [-0.39, 0.29) is 5.54 Å². The summed E-state index contributed by atoms with van der Waals surface area (Å²) in [5, 5.41) is 3.34. The maximum Gasteiger partial charge on any atom is 0.0946 e. The SMILES string of the molecule is CCC1CCCC(N)(Cc2nc(C)cs2)C1. The van der Waals surface area contributed by atoms with Crippen LogP contribution in [0.5, 0.6) is 0 Å². The van der Waals surface area contributed by atoms with Crippen molar-refractivity contribution >= 4 is 11.3 Å². The molecule has 1 saturated carbocycles. The van der Waals surface area contributed by atoms with Gasteiger partial charge in [0.2, 0.25) is 0 Å². The molecule has 0 radical (unpaired) electrons. The van der Waals surface area contributed by atoms with Crippen molar-refractivity contribution in [1.82, 2.24) is 4.98 Å². The summed E-state index contributed by atoms with van der Waals surface area (Å²) in [6, 6.07) is 0. The van der Waals surface area contributed by atoms with Crippen LogP contribution in [-0.2, 0) is 6.42 Å². The summed E-state index contributed by atoms with van der Waals surface area (Å²) in [6.07, 6.45) is 7.26. The van der Waals surface area contributed by atoms with Crippen LogP contribution in [0.15, 0.2) is 5.38 Å². The van der Waals surface area contributed by atoms with Crippen LogP contribution in [0.25, 0.3) is 0 Å². The lowest BCUT2D eigenvalue weighted by atomic mass is 9.74. The summed E-state index contributed by atoms with van der Waals surface area (Å²) in [6.45, 7) is 4.34. The Kier molecular flexibility index (Phi) is 3.65. The van der Waals surface area contributed by atoms with Crippen molar-refractivity contribution in [3.63, 3.8) is 0 Å². The van der Waals surface area contributed by atoms with Crippen molar-refractivity contribution in [3.8, 4) is 0 Å². The van der Waals surface area contributed by atoms with Crippen LogP contribution in [0.3, 0.4) is 0 Å². The summed E-state index contributed by atoms with van der Waals surface area (Å²) in [4.78, 5) is 4.54. The summed E-state index contributed by atoms with van der Waals surface area (Å²) in [5.74, 6) is 0.833. The van der Waals surface area contributed by atoms with Crippen molar-refractivity contribution in [1.29, 1.82) is 0 Å². The molecule has 0 aromatic carbocycles. The lowest BCUT2D eigenvalue weighted by molar-refractivity contribution is 0.218. The molecular formula is C13H22N2S. The molecule has 0 aliphatic heterocycles. The minimum absolute atomic E-state index is 0.0171. The largest absolute Gasteiger partial charge is 0.325 e. The van der Waals surface area contributed by atoms with E-state index in [1.807, 2.05) is 0 Å². The first-order valence-corrected chi connectivity index (χ1v) is 7.19. The molecule has 2 rings (SSSR count). The molecule has 2 nitrogen and oxygen atoms in total. The van der Waals surface area contributed by atoms with Crippen LogP contribution >= 0.6 is 11.3 Å². The maximum atomic E-state index is 6.53. The maximum absolute atomic E-state index is 6.53. The first kappa shape index (κ1) is 12.1. The van der Waals surface area contributed by atoms with Crippen molar-refractivity contribution in [2.75, 3.05) is 0 Å². The second-order valence-corrected chi connectivity index (χ2v) is 6.24. The van der Waals surface area contributed by atoms with Gasteiger partial charge in [0, 0.05) is 23.0 Å². The van der Waals surface area contributed by atoms with E-state index < -0.39 is 0 Å². The number of hydrogen-bond acceptors (Lipinski definition) is 3. The normalized spacial score (nSPS) is 30.6. The van der Waals surface area contributed by atoms with Crippen molar-refractivity contribution in [2.24, 2.45) is 11.7 Å². The minimum atomic E-state index is 0.0171. The van der Waals surface area contributed by atoms with Crippen LogP contribution in [0.1, 0.15) is 49.7 Å². The first-order chi connectivity index (χ1) is 7.61.